The molecule has 4 N–H and O–H groups in total. The van der Waals surface area contributed by atoms with E-state index in [1.54, 1.807) is 0 Å². The van der Waals surface area contributed by atoms with Crippen LogP contribution in [0.5, 0.6) is 0 Å². The first-order chi connectivity index (χ1) is 3.91. The van der Waals surface area contributed by atoms with Gasteiger partial charge in [0.25, 0.3) is 0 Å². The van der Waals surface area contributed by atoms with Crippen LogP contribution in [-0.2, 0) is 0 Å². The second-order valence-corrected chi connectivity index (χ2v) is 3.26. The highest BCUT2D eigenvalue weighted by Gasteiger charge is 1.88. The number of nitrogens with zero attached hydrogens (tertiary/aromatic N) is 1. The first kappa shape index (κ1) is 11.6. The van der Waals surface area contributed by atoms with Crippen molar-refractivity contribution in [3.05, 3.63) is 0 Å². The van der Waals surface area contributed by atoms with Gasteiger partial charge in [-0.05, 0) is 0 Å². The molecule has 0 amide bonds. The van der Waals surface area contributed by atoms with Crippen LogP contribution in [0.15, 0.2) is 0 Å². The zero-order valence-corrected chi connectivity index (χ0v) is 7.02. The summed E-state index contributed by atoms with van der Waals surface area (Å²) < 4.78 is 1.00. The summed E-state index contributed by atoms with van der Waals surface area (Å²) in [5, 5.41) is 0. The molecule has 0 saturated carbocycles. The molecule has 0 atom stereocenters. The predicted molar refractivity (Wildman–Crippen MR) is 42.1 cm³/mol. The van der Waals surface area contributed by atoms with Gasteiger partial charge in [-0.15, -0.1) is 0 Å². The van der Waals surface area contributed by atoms with E-state index in [1.807, 2.05) is 0 Å². The van der Waals surface area contributed by atoms with E-state index in [2.05, 4.69) is 28.2 Å². The molecule has 3 heteroatoms. The average Bonchev–Trinajstić information content (AvgIpc) is 1.61. The Morgan fingerprint density at radius 3 is 1.00 bits per heavy atom. The molecule has 0 radical (unpaired) electrons. The minimum Gasteiger partial charge on any atom is -0.333 e. The lowest BCUT2D eigenvalue weighted by molar-refractivity contribution is -0.849. The summed E-state index contributed by atoms with van der Waals surface area (Å²) in [6.07, 6.45) is 0. The van der Waals surface area contributed by atoms with Gasteiger partial charge in [-0.25, -0.2) is 0 Å². The van der Waals surface area contributed by atoms with Crippen LogP contribution >= 0.6 is 0 Å². The maximum atomic E-state index is 4.90. The molecular weight excluding hydrogens is 114 g/mol. The van der Waals surface area contributed by atoms with Crippen molar-refractivity contribution >= 4 is 0 Å². The van der Waals surface area contributed by atoms with Gasteiger partial charge in [0.2, 0.25) is 0 Å². The third-order valence-corrected chi connectivity index (χ3v) is 0.167. The number of quaternary nitrogens is 1. The molecule has 0 spiro atoms. The molecule has 0 heterocycles. The van der Waals surface area contributed by atoms with Gasteiger partial charge in [-0.2, -0.15) is 0 Å². The molecule has 3 nitrogen and oxygen atoms in total. The summed E-state index contributed by atoms with van der Waals surface area (Å²) in [7, 11) is 8.50. The first-order valence-corrected chi connectivity index (χ1v) is 3.11. The molecule has 0 aliphatic heterocycles. The summed E-state index contributed by atoms with van der Waals surface area (Å²) in [6, 6.07) is 0. The fraction of sp³-hybridized carbons (Fsp3) is 1.00. The van der Waals surface area contributed by atoms with Gasteiger partial charge in [0.1, 0.15) is 0 Å². The molecule has 0 unspecified atom stereocenters. The number of rotatable bonds is 1. The molecule has 0 aromatic rings. The van der Waals surface area contributed by atoms with Crippen LogP contribution in [0, 0.1) is 0 Å². The lowest BCUT2D eigenvalue weighted by atomic mass is 10.7. The second-order valence-electron chi connectivity index (χ2n) is 3.26. The maximum Gasteiger partial charge on any atom is 0.0675 e. The van der Waals surface area contributed by atoms with Crippen molar-refractivity contribution in [2.75, 3.05) is 41.3 Å². The van der Waals surface area contributed by atoms with Crippen LogP contribution in [0.25, 0.3) is 0 Å². The van der Waals surface area contributed by atoms with Gasteiger partial charge in [0.05, 0.1) is 28.2 Å². The molecule has 9 heavy (non-hydrogen) atoms. The molecule has 58 valence electrons. The Balaban J connectivity index is 0. The van der Waals surface area contributed by atoms with E-state index in [1.165, 1.54) is 0 Å². The van der Waals surface area contributed by atoms with Crippen LogP contribution in [-0.4, -0.2) is 45.8 Å². The van der Waals surface area contributed by atoms with Gasteiger partial charge >= 0.3 is 0 Å². The van der Waals surface area contributed by atoms with Crippen molar-refractivity contribution in [1.29, 1.82) is 0 Å². The fourth-order valence-corrected chi connectivity index (χ4v) is 0. The Morgan fingerprint density at radius 2 is 1.00 bits per heavy atom. The monoisotopic (exact) mass is 134 g/mol. The molecular formula is C6H20N3+. The van der Waals surface area contributed by atoms with Crippen molar-refractivity contribution in [2.24, 2.45) is 11.5 Å². The van der Waals surface area contributed by atoms with Crippen molar-refractivity contribution in [3.8, 4) is 0 Å². The van der Waals surface area contributed by atoms with Crippen molar-refractivity contribution < 1.29 is 4.48 Å². The minimum atomic E-state index is 0.597. The van der Waals surface area contributed by atoms with E-state index < -0.39 is 0 Å². The third kappa shape index (κ3) is 352. The number of hydrogen-bond donors (Lipinski definition) is 2. The highest BCUT2D eigenvalue weighted by atomic mass is 15.2. The van der Waals surface area contributed by atoms with Crippen molar-refractivity contribution in [3.63, 3.8) is 0 Å². The molecule has 0 rings (SSSR count). The smallest absolute Gasteiger partial charge is 0.0675 e. The Labute approximate surface area is 58.2 Å². The van der Waals surface area contributed by atoms with Gasteiger partial charge in [-0.1, -0.05) is 0 Å². The fourth-order valence-electron chi connectivity index (χ4n) is 0. The average molecular weight is 134 g/mol. The van der Waals surface area contributed by atoms with Gasteiger partial charge in [-0.3, -0.25) is 0 Å². The maximum absolute atomic E-state index is 4.90. The van der Waals surface area contributed by atoms with Gasteiger partial charge < -0.3 is 16.0 Å². The predicted octanol–water partition coefficient (Wildman–Crippen LogP) is -0.774. The zero-order chi connectivity index (χ0) is 7.91. The lowest BCUT2D eigenvalue weighted by Crippen LogP contribution is -2.27. The Bertz CT molecular complexity index is 38.8. The third-order valence-electron chi connectivity index (χ3n) is 0.167. The highest BCUT2D eigenvalue weighted by Crippen LogP contribution is 1.73. The Morgan fingerprint density at radius 1 is 0.889 bits per heavy atom. The highest BCUT2D eigenvalue weighted by molar-refractivity contribution is 4.26. The number of nitrogens with two attached hydrogens (primary N) is 2. The van der Waals surface area contributed by atoms with Gasteiger partial charge in [0.15, 0.2) is 0 Å². The first-order valence-electron chi connectivity index (χ1n) is 3.11. The molecule has 0 fully saturated rings. The van der Waals surface area contributed by atoms with Crippen LogP contribution in [0.4, 0.5) is 0 Å². The minimum absolute atomic E-state index is 0.597. The Hall–Kier alpha value is -0.120. The van der Waals surface area contributed by atoms with E-state index in [0.717, 1.165) is 4.48 Å². The standard InChI is InChI=1S/C4H12N.C2H8N2/c1-5(2,3)4;3-1-2-4/h1-4H3;1-4H2/q+1;. The van der Waals surface area contributed by atoms with E-state index in [4.69, 9.17) is 11.5 Å². The molecule has 0 aliphatic rings. The van der Waals surface area contributed by atoms with Crippen molar-refractivity contribution in [2.45, 2.75) is 0 Å². The largest absolute Gasteiger partial charge is 0.333 e. The van der Waals surface area contributed by atoms with Crippen LogP contribution < -0.4 is 11.5 Å². The second kappa shape index (κ2) is 6.01. The van der Waals surface area contributed by atoms with E-state index in [0.29, 0.717) is 13.1 Å². The normalized spacial score (nSPS) is 10.0. The van der Waals surface area contributed by atoms with Crippen molar-refractivity contribution in [1.82, 2.24) is 0 Å². The lowest BCUT2D eigenvalue weighted by Gasteiger charge is -2.14. The zero-order valence-electron chi connectivity index (χ0n) is 7.02. The van der Waals surface area contributed by atoms with Gasteiger partial charge in [0, 0.05) is 13.1 Å². The quantitative estimate of drug-likeness (QED) is 0.463. The van der Waals surface area contributed by atoms with Crippen LogP contribution in [0.1, 0.15) is 0 Å². The summed E-state index contributed by atoms with van der Waals surface area (Å²) in [4.78, 5) is 0. The molecule has 0 aromatic heterocycles. The summed E-state index contributed by atoms with van der Waals surface area (Å²) in [6.45, 7) is 1.19. The summed E-state index contributed by atoms with van der Waals surface area (Å²) in [5.74, 6) is 0. The molecule has 0 bridgehead atoms. The summed E-state index contributed by atoms with van der Waals surface area (Å²) >= 11 is 0. The van der Waals surface area contributed by atoms with E-state index in [9.17, 15) is 0 Å². The Kier molecular flexibility index (Phi) is 7.77. The SMILES string of the molecule is C[N+](C)(C)C.NCCN. The topological polar surface area (TPSA) is 52.0 Å². The van der Waals surface area contributed by atoms with E-state index in [-0.39, 0.29) is 0 Å². The molecule has 0 aromatic carbocycles. The molecule has 0 aliphatic carbocycles. The van der Waals surface area contributed by atoms with Crippen LogP contribution in [0.2, 0.25) is 0 Å². The summed E-state index contributed by atoms with van der Waals surface area (Å²) in [5.41, 5.74) is 9.81. The molecule has 0 saturated heterocycles. The van der Waals surface area contributed by atoms with Crippen LogP contribution in [0.3, 0.4) is 0 Å². The van der Waals surface area contributed by atoms with E-state index >= 15 is 0 Å². The number of hydrogen-bond acceptors (Lipinski definition) is 2.